The molecule has 0 fully saturated rings. The largest absolute Gasteiger partial charge is 0.509 e. The van der Waals surface area contributed by atoms with Crippen LogP contribution < -0.4 is 14.5 Å². The van der Waals surface area contributed by atoms with Crippen molar-refractivity contribution in [2.75, 3.05) is 9.80 Å². The third kappa shape index (κ3) is 6.27. The molecule has 0 unspecified atom stereocenters. The van der Waals surface area contributed by atoms with Gasteiger partial charge in [0, 0.05) is 78.2 Å². The van der Waals surface area contributed by atoms with Crippen molar-refractivity contribution >= 4 is 66.5 Å². The number of furan rings is 1. The van der Waals surface area contributed by atoms with Gasteiger partial charge in [0.2, 0.25) is 0 Å². The van der Waals surface area contributed by atoms with E-state index in [9.17, 15) is 0 Å². The van der Waals surface area contributed by atoms with Crippen LogP contribution in [-0.2, 0) is 21.1 Å². The minimum Gasteiger partial charge on any atom is -0.509 e. The Hall–Kier alpha value is -7.40. The molecule has 61 heavy (non-hydrogen) atoms. The van der Waals surface area contributed by atoms with Gasteiger partial charge in [0.05, 0.1) is 0 Å². The first kappa shape index (κ1) is 36.7. The van der Waals surface area contributed by atoms with Crippen LogP contribution in [0.2, 0.25) is 0 Å². The quantitative estimate of drug-likeness (QED) is 0.149. The van der Waals surface area contributed by atoms with Crippen LogP contribution in [0.1, 0.15) is 0 Å². The molecular weight excluding hydrogens is 932 g/mol. The van der Waals surface area contributed by atoms with E-state index in [1.807, 2.05) is 60.8 Å². The van der Waals surface area contributed by atoms with Crippen LogP contribution in [0.25, 0.3) is 71.8 Å². The minimum absolute atomic E-state index is 0. The van der Waals surface area contributed by atoms with E-state index in [-0.39, 0.29) is 21.1 Å². The van der Waals surface area contributed by atoms with Gasteiger partial charge >= 0.3 is 0 Å². The van der Waals surface area contributed by atoms with Crippen molar-refractivity contribution in [1.29, 1.82) is 0 Å². The molecule has 0 spiro atoms. The smallest absolute Gasteiger partial charge is 0.140 e. The Morgan fingerprint density at radius 1 is 0.525 bits per heavy atom. The zero-order chi connectivity index (χ0) is 39.6. The summed E-state index contributed by atoms with van der Waals surface area (Å²) in [5, 5.41) is 4.17. The maximum absolute atomic E-state index is 6.80. The van der Waals surface area contributed by atoms with Gasteiger partial charge in [-0.3, -0.25) is 0 Å². The van der Waals surface area contributed by atoms with Crippen LogP contribution in [0.3, 0.4) is 0 Å². The van der Waals surface area contributed by atoms with Gasteiger partial charge < -0.3 is 23.5 Å². The first-order valence-electron chi connectivity index (χ1n) is 19.9. The Morgan fingerprint density at radius 3 is 2.07 bits per heavy atom. The molecule has 12 rings (SSSR count). The number of hydrogen-bond acceptors (Lipinski definition) is 5. The number of ether oxygens (including phenoxy) is 1. The summed E-state index contributed by atoms with van der Waals surface area (Å²) in [6.07, 6.45) is 1.91. The zero-order valence-electron chi connectivity index (χ0n) is 32.5. The predicted octanol–water partition coefficient (Wildman–Crippen LogP) is 14.2. The molecule has 0 aliphatic carbocycles. The van der Waals surface area contributed by atoms with Gasteiger partial charge in [0.1, 0.15) is 17.0 Å². The van der Waals surface area contributed by atoms with Gasteiger partial charge in [-0.2, -0.15) is 6.07 Å². The van der Waals surface area contributed by atoms with Crippen LogP contribution in [-0.4, -0.2) is 9.55 Å². The molecule has 0 radical (unpaired) electrons. The molecule has 294 valence electrons. The van der Waals surface area contributed by atoms with E-state index in [4.69, 9.17) is 14.1 Å². The Morgan fingerprint density at radius 2 is 1.25 bits per heavy atom. The van der Waals surface area contributed by atoms with Crippen LogP contribution in [0.15, 0.2) is 199 Å². The second kappa shape index (κ2) is 15.0. The van der Waals surface area contributed by atoms with Crippen molar-refractivity contribution in [3.63, 3.8) is 0 Å². The van der Waals surface area contributed by atoms with E-state index in [1.165, 1.54) is 5.56 Å². The summed E-state index contributed by atoms with van der Waals surface area (Å²) in [7, 11) is 0. The summed E-state index contributed by atoms with van der Waals surface area (Å²) in [4.78, 5) is 9.44. The number of hydrogen-bond donors (Lipinski definition) is 0. The van der Waals surface area contributed by atoms with Crippen molar-refractivity contribution < 1.29 is 30.2 Å². The summed E-state index contributed by atoms with van der Waals surface area (Å²) in [6, 6.07) is 71.9. The Bertz CT molecular complexity index is 3400. The molecule has 1 aliphatic rings. The summed E-state index contributed by atoms with van der Waals surface area (Å²) in [5.74, 6) is 1.86. The molecule has 7 heteroatoms. The molecule has 6 nitrogen and oxygen atoms in total. The number of pyridine rings is 1. The number of aromatic nitrogens is 2. The molecule has 4 heterocycles. The molecule has 0 amide bonds. The van der Waals surface area contributed by atoms with Gasteiger partial charge in [-0.25, -0.2) is 4.98 Å². The third-order valence-corrected chi connectivity index (χ3v) is 11.3. The second-order valence-electron chi connectivity index (χ2n) is 14.9. The van der Waals surface area contributed by atoms with Crippen molar-refractivity contribution in [3.05, 3.63) is 213 Å². The fourth-order valence-electron chi connectivity index (χ4n) is 8.57. The maximum atomic E-state index is 6.80. The minimum atomic E-state index is 0. The van der Waals surface area contributed by atoms with Crippen molar-refractivity contribution in [2.45, 2.75) is 0 Å². The van der Waals surface area contributed by atoms with Crippen LogP contribution in [0.4, 0.5) is 22.7 Å². The fourth-order valence-corrected chi connectivity index (χ4v) is 8.57. The molecule has 3 aromatic heterocycles. The summed E-state index contributed by atoms with van der Waals surface area (Å²) < 4.78 is 15.3. The Balaban J connectivity index is 0.00000420. The Labute approximate surface area is 366 Å². The summed E-state index contributed by atoms with van der Waals surface area (Å²) in [5.41, 5.74) is 11.9. The zero-order valence-corrected chi connectivity index (χ0v) is 34.7. The van der Waals surface area contributed by atoms with Crippen LogP contribution in [0.5, 0.6) is 11.5 Å². The van der Waals surface area contributed by atoms with Crippen LogP contribution in [0, 0.1) is 18.8 Å². The molecule has 1 aliphatic heterocycles. The normalized spacial score (nSPS) is 12.3. The number of para-hydroxylation sites is 3. The Kier molecular flexibility index (Phi) is 9.02. The first-order valence-corrected chi connectivity index (χ1v) is 19.9. The van der Waals surface area contributed by atoms with Crippen molar-refractivity contribution in [2.24, 2.45) is 0 Å². The van der Waals surface area contributed by atoms with Crippen LogP contribution >= 0.6 is 0 Å². The molecular formula is C54H33N4O2Pt-3. The van der Waals surface area contributed by atoms with E-state index < -0.39 is 0 Å². The van der Waals surface area contributed by atoms with E-state index in [1.54, 1.807) is 0 Å². The van der Waals surface area contributed by atoms with Gasteiger partial charge in [0.25, 0.3) is 0 Å². The van der Waals surface area contributed by atoms with E-state index >= 15 is 0 Å². The average Bonchev–Trinajstić information content (AvgIpc) is 3.99. The molecule has 11 aromatic rings. The number of fused-ring (bicyclic) bond motifs is 7. The second-order valence-corrected chi connectivity index (χ2v) is 14.9. The topological polar surface area (TPSA) is 46.7 Å². The van der Waals surface area contributed by atoms with Gasteiger partial charge in [-0.1, -0.05) is 132 Å². The average molecular weight is 965 g/mol. The number of anilines is 4. The van der Waals surface area contributed by atoms with Gasteiger partial charge in [0.15, 0.2) is 0 Å². The third-order valence-electron chi connectivity index (χ3n) is 11.3. The van der Waals surface area contributed by atoms with E-state index in [0.717, 1.165) is 89.0 Å². The number of benzene rings is 8. The summed E-state index contributed by atoms with van der Waals surface area (Å²) >= 11 is 0. The number of rotatable bonds is 7. The molecule has 0 atom stereocenters. The predicted molar refractivity (Wildman–Crippen MR) is 242 cm³/mol. The standard InChI is InChI=1S/C54H33N4O2.Pt/c1-4-15-36(16-5-1)38-27-28-48-49(29-38)56(39-19-8-3-9-20-39)35-57(48)40-21-14-22-41(30-40)59-42-31-45(37-17-6-2-7-18-37)54-44-24-10-12-25-47(44)58(50(54)32-42)53-33-52-46(34-55-53)43-23-11-13-26-51(43)60-52;/h1-29,31,33-35H;/q-3;. The molecule has 0 saturated carbocycles. The number of nitrogens with zero attached hydrogens (tertiary/aromatic N) is 4. The maximum Gasteiger partial charge on any atom is 0.140 e. The van der Waals surface area contributed by atoms with E-state index in [2.05, 4.69) is 167 Å². The molecule has 0 bridgehead atoms. The fraction of sp³-hybridized carbons (Fsp3) is 0. The van der Waals surface area contributed by atoms with Gasteiger partial charge in [-0.15, -0.1) is 48.3 Å². The van der Waals surface area contributed by atoms with Gasteiger partial charge in [-0.05, 0) is 58.5 Å². The first-order chi connectivity index (χ1) is 29.7. The SMILES string of the molecule is [Pt].[c-]1c(Oc2[c-]c3c(c(-c4ccccc4)c2)c2ccccc2n3-c2cc3oc4ccccc4c3cn2)cccc1N1[CH-]N(c2ccccc2)c2cc(-c3ccccc3)ccc21. The molecule has 0 N–H and O–H groups in total. The van der Waals surface area contributed by atoms with Crippen molar-refractivity contribution in [1.82, 2.24) is 9.55 Å². The van der Waals surface area contributed by atoms with E-state index in [0.29, 0.717) is 11.5 Å². The molecule has 0 saturated heterocycles. The molecule has 8 aromatic carbocycles. The van der Waals surface area contributed by atoms with Crippen molar-refractivity contribution in [3.8, 4) is 39.6 Å². The monoisotopic (exact) mass is 964 g/mol. The summed E-state index contributed by atoms with van der Waals surface area (Å²) in [6.45, 7) is 2.13.